The van der Waals surface area contributed by atoms with Crippen LogP contribution in [0.3, 0.4) is 0 Å². The molecule has 0 spiro atoms. The number of halogens is 1. The highest BCUT2D eigenvalue weighted by Crippen LogP contribution is 2.15. The number of rotatable bonds is 4. The van der Waals surface area contributed by atoms with E-state index in [1.165, 1.54) is 6.08 Å². The Kier molecular flexibility index (Phi) is 6.35. The second kappa shape index (κ2) is 8.47. The molecule has 0 unspecified atom stereocenters. The summed E-state index contributed by atoms with van der Waals surface area (Å²) in [5.74, 6) is -0.299. The van der Waals surface area contributed by atoms with Crippen molar-refractivity contribution in [1.82, 2.24) is 5.32 Å². The van der Waals surface area contributed by atoms with Crippen molar-refractivity contribution >= 4 is 52.3 Å². The first kappa shape index (κ1) is 18.0. The molecule has 24 heavy (non-hydrogen) atoms. The lowest BCUT2D eigenvalue weighted by molar-refractivity contribution is -0.115. The van der Waals surface area contributed by atoms with E-state index >= 15 is 0 Å². The Morgan fingerprint density at radius 1 is 1.08 bits per heavy atom. The molecule has 0 saturated carbocycles. The van der Waals surface area contributed by atoms with E-state index in [1.54, 1.807) is 18.2 Å². The summed E-state index contributed by atoms with van der Waals surface area (Å²) < 4.78 is 0. The summed E-state index contributed by atoms with van der Waals surface area (Å²) in [6, 6.07) is 14.9. The zero-order chi connectivity index (χ0) is 17.5. The van der Waals surface area contributed by atoms with Gasteiger partial charge in [-0.05, 0) is 60.3 Å². The van der Waals surface area contributed by atoms with Gasteiger partial charge in [0.15, 0.2) is 5.11 Å². The van der Waals surface area contributed by atoms with Crippen molar-refractivity contribution in [2.45, 2.75) is 0 Å². The first-order valence-electron chi connectivity index (χ1n) is 7.27. The fourth-order valence-corrected chi connectivity index (χ4v) is 2.25. The van der Waals surface area contributed by atoms with E-state index in [0.29, 0.717) is 5.02 Å². The van der Waals surface area contributed by atoms with Crippen LogP contribution in [0.5, 0.6) is 0 Å². The van der Waals surface area contributed by atoms with Crippen molar-refractivity contribution in [2.75, 3.05) is 24.3 Å². The smallest absolute Gasteiger partial charge is 0.250 e. The molecule has 1 amide bonds. The molecule has 0 aliphatic heterocycles. The Morgan fingerprint density at radius 3 is 2.29 bits per heavy atom. The van der Waals surface area contributed by atoms with E-state index in [-0.39, 0.29) is 11.0 Å². The van der Waals surface area contributed by atoms with Crippen LogP contribution in [0, 0.1) is 0 Å². The lowest BCUT2D eigenvalue weighted by Gasteiger charge is -2.13. The number of benzene rings is 2. The van der Waals surface area contributed by atoms with Crippen LogP contribution < -0.4 is 15.5 Å². The van der Waals surface area contributed by atoms with Crippen LogP contribution in [0.1, 0.15) is 5.56 Å². The van der Waals surface area contributed by atoms with E-state index in [9.17, 15) is 4.79 Å². The summed E-state index contributed by atoms with van der Waals surface area (Å²) in [5.41, 5.74) is 2.78. The molecule has 0 aromatic heterocycles. The molecule has 2 rings (SSSR count). The quantitative estimate of drug-likeness (QED) is 0.641. The zero-order valence-corrected chi connectivity index (χ0v) is 15.0. The van der Waals surface area contributed by atoms with Gasteiger partial charge in [-0.25, -0.2) is 0 Å². The van der Waals surface area contributed by atoms with Gasteiger partial charge < -0.3 is 10.2 Å². The van der Waals surface area contributed by atoms with Crippen molar-refractivity contribution in [2.24, 2.45) is 0 Å². The molecule has 0 aliphatic rings. The third-order valence-corrected chi connectivity index (χ3v) is 3.63. The normalized spacial score (nSPS) is 10.5. The highest BCUT2D eigenvalue weighted by molar-refractivity contribution is 7.80. The predicted molar refractivity (Wildman–Crippen MR) is 106 cm³/mol. The van der Waals surface area contributed by atoms with Crippen molar-refractivity contribution in [3.63, 3.8) is 0 Å². The highest BCUT2D eigenvalue weighted by Gasteiger charge is 2.02. The SMILES string of the molecule is CN(C)c1ccc(NC(=S)NC(=O)/C=C/c2ccc(Cl)cc2)cc1. The number of nitrogens with one attached hydrogen (secondary N) is 2. The van der Waals surface area contributed by atoms with Crippen LogP contribution >= 0.6 is 23.8 Å². The summed E-state index contributed by atoms with van der Waals surface area (Å²) in [5, 5.41) is 6.48. The third-order valence-electron chi connectivity index (χ3n) is 3.18. The van der Waals surface area contributed by atoms with Gasteiger partial charge in [-0.2, -0.15) is 0 Å². The monoisotopic (exact) mass is 359 g/mol. The fourth-order valence-electron chi connectivity index (χ4n) is 1.90. The average molecular weight is 360 g/mol. The lowest BCUT2D eigenvalue weighted by atomic mass is 10.2. The summed E-state index contributed by atoms with van der Waals surface area (Å²) in [6.45, 7) is 0. The van der Waals surface area contributed by atoms with Crippen LogP contribution in [-0.2, 0) is 4.79 Å². The van der Waals surface area contributed by atoms with Crippen LogP contribution in [0.4, 0.5) is 11.4 Å². The first-order chi connectivity index (χ1) is 11.4. The fraction of sp³-hybridized carbons (Fsp3) is 0.111. The van der Waals surface area contributed by atoms with E-state index in [4.69, 9.17) is 23.8 Å². The van der Waals surface area contributed by atoms with Crippen LogP contribution in [0.2, 0.25) is 5.02 Å². The molecule has 6 heteroatoms. The van der Waals surface area contributed by atoms with E-state index < -0.39 is 0 Å². The molecule has 0 aliphatic carbocycles. The Morgan fingerprint density at radius 2 is 1.71 bits per heavy atom. The number of hydrogen-bond donors (Lipinski definition) is 2. The Bertz CT molecular complexity index is 740. The van der Waals surface area contributed by atoms with Gasteiger partial charge in [0.2, 0.25) is 5.91 Å². The van der Waals surface area contributed by atoms with Crippen LogP contribution in [-0.4, -0.2) is 25.1 Å². The molecule has 0 saturated heterocycles. The number of carbonyl (C=O) groups is 1. The molecule has 0 atom stereocenters. The first-order valence-corrected chi connectivity index (χ1v) is 8.05. The molecule has 2 aromatic rings. The molecule has 0 radical (unpaired) electrons. The molecule has 0 bridgehead atoms. The summed E-state index contributed by atoms with van der Waals surface area (Å²) in [7, 11) is 3.95. The topological polar surface area (TPSA) is 44.4 Å². The largest absolute Gasteiger partial charge is 0.378 e. The molecule has 0 fully saturated rings. The average Bonchev–Trinajstić information content (AvgIpc) is 2.54. The van der Waals surface area contributed by atoms with Gasteiger partial charge in [-0.3, -0.25) is 10.1 Å². The zero-order valence-electron chi connectivity index (χ0n) is 13.4. The Labute approximate surface area is 152 Å². The third kappa shape index (κ3) is 5.68. The van der Waals surface area contributed by atoms with Gasteiger partial charge in [0.05, 0.1) is 0 Å². The minimum atomic E-state index is -0.299. The molecule has 4 nitrogen and oxygen atoms in total. The number of nitrogens with zero attached hydrogens (tertiary/aromatic N) is 1. The molecule has 0 heterocycles. The predicted octanol–water partition coefficient (Wildman–Crippen LogP) is 3.93. The van der Waals surface area contributed by atoms with Gasteiger partial charge >= 0.3 is 0 Å². The second-order valence-electron chi connectivity index (χ2n) is 5.27. The standard InChI is InChI=1S/C18H18ClN3OS/c1-22(2)16-10-8-15(9-11-16)20-18(24)21-17(23)12-5-13-3-6-14(19)7-4-13/h3-12H,1-2H3,(H2,20,21,23,24)/b12-5+. The number of hydrogen-bond acceptors (Lipinski definition) is 3. The highest BCUT2D eigenvalue weighted by atomic mass is 35.5. The van der Waals surface area contributed by atoms with E-state index in [1.807, 2.05) is 55.4 Å². The molecular formula is C18H18ClN3OS. The van der Waals surface area contributed by atoms with E-state index in [2.05, 4.69) is 10.6 Å². The molecular weight excluding hydrogens is 342 g/mol. The Balaban J connectivity index is 1.87. The number of amides is 1. The van der Waals surface area contributed by atoms with Gasteiger partial charge in [0, 0.05) is 36.6 Å². The van der Waals surface area contributed by atoms with Crippen molar-refractivity contribution < 1.29 is 4.79 Å². The maximum Gasteiger partial charge on any atom is 0.250 e. The maximum absolute atomic E-state index is 11.9. The molecule has 2 aromatic carbocycles. The number of thiocarbonyl (C=S) groups is 1. The molecule has 2 N–H and O–H groups in total. The van der Waals surface area contributed by atoms with Gasteiger partial charge in [-0.15, -0.1) is 0 Å². The Hall–Kier alpha value is -2.37. The van der Waals surface area contributed by atoms with Crippen molar-refractivity contribution in [3.05, 3.63) is 65.2 Å². The number of carbonyl (C=O) groups excluding carboxylic acids is 1. The molecule has 124 valence electrons. The lowest BCUT2D eigenvalue weighted by Crippen LogP contribution is -2.32. The number of anilines is 2. The van der Waals surface area contributed by atoms with Gasteiger partial charge in [0.1, 0.15) is 0 Å². The maximum atomic E-state index is 11.9. The van der Waals surface area contributed by atoms with Crippen LogP contribution in [0.15, 0.2) is 54.6 Å². The second-order valence-corrected chi connectivity index (χ2v) is 6.11. The van der Waals surface area contributed by atoms with E-state index in [0.717, 1.165) is 16.9 Å². The minimum absolute atomic E-state index is 0.248. The van der Waals surface area contributed by atoms with Crippen molar-refractivity contribution in [1.29, 1.82) is 0 Å². The summed E-state index contributed by atoms with van der Waals surface area (Å²) in [6.07, 6.45) is 3.12. The summed E-state index contributed by atoms with van der Waals surface area (Å²) >= 11 is 11.0. The summed E-state index contributed by atoms with van der Waals surface area (Å²) in [4.78, 5) is 13.9. The van der Waals surface area contributed by atoms with Gasteiger partial charge in [-0.1, -0.05) is 23.7 Å². The minimum Gasteiger partial charge on any atom is -0.378 e. The van der Waals surface area contributed by atoms with Crippen molar-refractivity contribution in [3.8, 4) is 0 Å². The van der Waals surface area contributed by atoms with Crippen LogP contribution in [0.25, 0.3) is 6.08 Å². The van der Waals surface area contributed by atoms with Gasteiger partial charge in [0.25, 0.3) is 0 Å².